The molecule has 1 aliphatic rings. The third kappa shape index (κ3) is 4.66. The first-order valence-electron chi connectivity index (χ1n) is 9.58. The highest BCUT2D eigenvalue weighted by atomic mass is 32.2. The lowest BCUT2D eigenvalue weighted by Crippen LogP contribution is -2.34. The van der Waals surface area contributed by atoms with Crippen LogP contribution >= 0.6 is 0 Å². The van der Waals surface area contributed by atoms with Gasteiger partial charge in [0.1, 0.15) is 0 Å². The Hall–Kier alpha value is -2.44. The minimum Gasteiger partial charge on any atom is -0.493 e. The Morgan fingerprint density at radius 2 is 1.44 bits per heavy atom. The van der Waals surface area contributed by atoms with E-state index in [0.717, 1.165) is 17.5 Å². The molecule has 0 amide bonds. The maximum atomic E-state index is 13.8. The average Bonchev–Trinajstić information content (AvgIpc) is 2.78. The summed E-state index contributed by atoms with van der Waals surface area (Å²) in [5.74, 6) is -10.6. The normalized spacial score (nSPS) is 14.3. The van der Waals surface area contributed by atoms with E-state index in [2.05, 4.69) is 0 Å². The third-order valence-electron chi connectivity index (χ3n) is 5.18. The van der Waals surface area contributed by atoms with Crippen LogP contribution < -0.4 is 14.2 Å². The van der Waals surface area contributed by atoms with Crippen molar-refractivity contribution in [2.45, 2.75) is 24.3 Å². The van der Waals surface area contributed by atoms with Crippen LogP contribution in [0.2, 0.25) is 0 Å². The van der Waals surface area contributed by atoms with Gasteiger partial charge < -0.3 is 9.47 Å². The molecule has 2 aromatic carbocycles. The number of hydrogen-bond donors (Lipinski definition) is 1. The SMILES string of the molecule is COc1cc2c(cc1OC)CN(CCCNS(=O)(=O)c1c(F)c(F)c(F)c(F)c1F)CC2. The highest BCUT2D eigenvalue weighted by Gasteiger charge is 2.33. The molecule has 0 fully saturated rings. The molecule has 176 valence electrons. The zero-order chi connectivity index (χ0) is 23.6. The van der Waals surface area contributed by atoms with Gasteiger partial charge in [-0.15, -0.1) is 0 Å². The molecule has 2 aromatic rings. The standard InChI is InChI=1S/C20H21F5N2O4S/c1-30-13-8-11-4-7-27(10-12(11)9-14(13)31-2)6-3-5-26-32(28,29)20-18(24)16(22)15(21)17(23)19(20)25/h8-9,26H,3-7,10H2,1-2H3. The zero-order valence-electron chi connectivity index (χ0n) is 17.3. The molecule has 0 saturated carbocycles. The van der Waals surface area contributed by atoms with E-state index in [-0.39, 0.29) is 13.0 Å². The van der Waals surface area contributed by atoms with Crippen LogP contribution in [0.4, 0.5) is 22.0 Å². The number of fused-ring (bicyclic) bond motifs is 1. The average molecular weight is 480 g/mol. The number of sulfonamides is 1. The van der Waals surface area contributed by atoms with Crippen molar-refractivity contribution in [2.75, 3.05) is 33.9 Å². The lowest BCUT2D eigenvalue weighted by molar-refractivity contribution is 0.250. The highest BCUT2D eigenvalue weighted by Crippen LogP contribution is 2.33. The van der Waals surface area contributed by atoms with Gasteiger partial charge in [0.05, 0.1) is 14.2 Å². The molecule has 1 heterocycles. The molecule has 0 unspecified atom stereocenters. The van der Waals surface area contributed by atoms with Crippen molar-refractivity contribution in [3.05, 3.63) is 52.3 Å². The first kappa shape index (κ1) is 24.2. The molecular weight excluding hydrogens is 459 g/mol. The molecular formula is C20H21F5N2O4S. The van der Waals surface area contributed by atoms with Gasteiger partial charge in [0.25, 0.3) is 0 Å². The fourth-order valence-electron chi connectivity index (χ4n) is 3.53. The van der Waals surface area contributed by atoms with Gasteiger partial charge in [-0.05, 0) is 42.6 Å². The minimum absolute atomic E-state index is 0.247. The second-order valence-corrected chi connectivity index (χ2v) is 8.86. The molecule has 6 nitrogen and oxygen atoms in total. The molecule has 0 saturated heterocycles. The lowest BCUT2D eigenvalue weighted by Gasteiger charge is -2.29. The smallest absolute Gasteiger partial charge is 0.246 e. The zero-order valence-corrected chi connectivity index (χ0v) is 18.1. The Morgan fingerprint density at radius 3 is 2.00 bits per heavy atom. The topological polar surface area (TPSA) is 67.9 Å². The minimum atomic E-state index is -4.95. The number of methoxy groups -OCH3 is 2. The molecule has 1 aliphatic heterocycles. The van der Waals surface area contributed by atoms with Crippen LogP contribution in [-0.2, 0) is 23.0 Å². The van der Waals surface area contributed by atoms with Crippen molar-refractivity contribution in [1.29, 1.82) is 0 Å². The molecule has 0 aliphatic carbocycles. The summed E-state index contributed by atoms with van der Waals surface area (Å²) >= 11 is 0. The van der Waals surface area contributed by atoms with E-state index in [1.165, 1.54) is 7.11 Å². The maximum absolute atomic E-state index is 13.8. The predicted octanol–water partition coefficient (Wildman–Crippen LogP) is 3.13. The van der Waals surface area contributed by atoms with Crippen molar-refractivity contribution >= 4 is 10.0 Å². The summed E-state index contributed by atoms with van der Waals surface area (Å²) in [5, 5.41) is 0. The van der Waals surface area contributed by atoms with Gasteiger partial charge in [0.2, 0.25) is 15.8 Å². The van der Waals surface area contributed by atoms with Crippen molar-refractivity contribution in [3.8, 4) is 11.5 Å². The first-order valence-corrected chi connectivity index (χ1v) is 11.1. The van der Waals surface area contributed by atoms with Crippen LogP contribution in [0.5, 0.6) is 11.5 Å². The monoisotopic (exact) mass is 480 g/mol. The van der Waals surface area contributed by atoms with Gasteiger partial charge in [0, 0.05) is 19.6 Å². The van der Waals surface area contributed by atoms with Gasteiger partial charge >= 0.3 is 0 Å². The Balaban J connectivity index is 1.62. The van der Waals surface area contributed by atoms with E-state index in [0.29, 0.717) is 31.1 Å². The summed E-state index contributed by atoms with van der Waals surface area (Å²) < 4.78 is 104. The molecule has 0 spiro atoms. The lowest BCUT2D eigenvalue weighted by atomic mass is 9.98. The summed E-state index contributed by atoms with van der Waals surface area (Å²) in [6.07, 6.45) is 0.975. The van der Waals surface area contributed by atoms with Gasteiger partial charge in [-0.3, -0.25) is 4.90 Å². The van der Waals surface area contributed by atoms with Crippen LogP contribution in [0.1, 0.15) is 17.5 Å². The quantitative estimate of drug-likeness (QED) is 0.272. The number of nitrogens with zero attached hydrogens (tertiary/aromatic N) is 1. The molecule has 0 bridgehead atoms. The molecule has 1 N–H and O–H groups in total. The molecule has 0 aromatic heterocycles. The van der Waals surface area contributed by atoms with Crippen molar-refractivity contribution < 1.29 is 39.8 Å². The number of hydrogen-bond acceptors (Lipinski definition) is 5. The Bertz CT molecular complexity index is 1100. The van der Waals surface area contributed by atoms with E-state index in [4.69, 9.17) is 9.47 Å². The van der Waals surface area contributed by atoms with Gasteiger partial charge in [-0.1, -0.05) is 0 Å². The third-order valence-corrected chi connectivity index (χ3v) is 6.66. The number of halogens is 5. The number of nitrogens with one attached hydrogen (secondary N) is 1. The largest absolute Gasteiger partial charge is 0.493 e. The predicted molar refractivity (Wildman–Crippen MR) is 105 cm³/mol. The Labute approximate surface area is 182 Å². The summed E-state index contributed by atoms with van der Waals surface area (Å²) in [6, 6.07) is 3.77. The van der Waals surface area contributed by atoms with Crippen LogP contribution in [-0.4, -0.2) is 47.2 Å². The second kappa shape index (κ2) is 9.59. The van der Waals surface area contributed by atoms with Crippen LogP contribution in [0, 0.1) is 29.1 Å². The molecule has 3 rings (SSSR count). The van der Waals surface area contributed by atoms with E-state index >= 15 is 0 Å². The number of rotatable bonds is 8. The van der Waals surface area contributed by atoms with Crippen LogP contribution in [0.25, 0.3) is 0 Å². The van der Waals surface area contributed by atoms with Crippen LogP contribution in [0.3, 0.4) is 0 Å². The van der Waals surface area contributed by atoms with Crippen LogP contribution in [0.15, 0.2) is 17.0 Å². The Morgan fingerprint density at radius 1 is 0.906 bits per heavy atom. The first-order chi connectivity index (χ1) is 15.1. The fraction of sp³-hybridized carbons (Fsp3) is 0.400. The Kier molecular flexibility index (Phi) is 7.25. The van der Waals surface area contributed by atoms with Gasteiger partial charge in [0.15, 0.2) is 39.7 Å². The van der Waals surface area contributed by atoms with E-state index in [1.807, 2.05) is 21.8 Å². The molecule has 0 radical (unpaired) electrons. The number of benzene rings is 2. The van der Waals surface area contributed by atoms with Crippen molar-refractivity contribution in [2.24, 2.45) is 0 Å². The van der Waals surface area contributed by atoms with Crippen molar-refractivity contribution in [1.82, 2.24) is 9.62 Å². The molecule has 12 heteroatoms. The molecule has 0 atom stereocenters. The van der Waals surface area contributed by atoms with E-state index in [1.54, 1.807) is 7.11 Å². The van der Waals surface area contributed by atoms with Gasteiger partial charge in [-0.2, -0.15) is 0 Å². The highest BCUT2D eigenvalue weighted by molar-refractivity contribution is 7.89. The summed E-state index contributed by atoms with van der Waals surface area (Å²) in [6.45, 7) is 1.44. The summed E-state index contributed by atoms with van der Waals surface area (Å²) in [5.41, 5.74) is 2.13. The second-order valence-electron chi connectivity index (χ2n) is 7.15. The summed E-state index contributed by atoms with van der Waals surface area (Å²) in [4.78, 5) is 0.155. The number of ether oxygens (including phenoxy) is 2. The van der Waals surface area contributed by atoms with E-state index < -0.39 is 44.0 Å². The summed E-state index contributed by atoms with van der Waals surface area (Å²) in [7, 11) is -1.87. The fourth-order valence-corrected chi connectivity index (χ4v) is 4.74. The maximum Gasteiger partial charge on any atom is 0.246 e. The van der Waals surface area contributed by atoms with Gasteiger partial charge in [-0.25, -0.2) is 35.1 Å². The van der Waals surface area contributed by atoms with E-state index in [9.17, 15) is 30.4 Å². The molecule has 32 heavy (non-hydrogen) atoms. The van der Waals surface area contributed by atoms with Crippen molar-refractivity contribution in [3.63, 3.8) is 0 Å².